The Kier molecular flexibility index (Phi) is 6.46. The van der Waals surface area contributed by atoms with Crippen LogP contribution in [0.4, 0.5) is 5.69 Å². The number of hydrogen-bond donors (Lipinski definition) is 2. The monoisotopic (exact) mass is 484 g/mol. The molecule has 0 saturated heterocycles. The summed E-state index contributed by atoms with van der Waals surface area (Å²) >= 11 is 0. The van der Waals surface area contributed by atoms with Crippen molar-refractivity contribution < 1.29 is 22.7 Å². The van der Waals surface area contributed by atoms with Crippen molar-refractivity contribution in [1.82, 2.24) is 5.32 Å². The molecule has 182 valence electrons. The van der Waals surface area contributed by atoms with E-state index in [1.807, 2.05) is 38.1 Å². The van der Waals surface area contributed by atoms with Crippen LogP contribution in [-0.2, 0) is 21.2 Å². The largest absolute Gasteiger partial charge is 0.497 e. The first-order valence-electron chi connectivity index (χ1n) is 11.6. The lowest BCUT2D eigenvalue weighted by Gasteiger charge is -2.36. The first-order chi connectivity index (χ1) is 16.1. The Labute approximate surface area is 201 Å². The van der Waals surface area contributed by atoms with Gasteiger partial charge in [0.1, 0.15) is 11.5 Å². The number of carbonyl (C=O) groups is 2. The van der Waals surface area contributed by atoms with E-state index in [0.29, 0.717) is 25.8 Å². The van der Waals surface area contributed by atoms with Gasteiger partial charge in [0.15, 0.2) is 0 Å². The number of carbonyl (C=O) groups excluding carboxylic acids is 2. The lowest BCUT2D eigenvalue weighted by atomic mass is 9.70. The molecule has 2 fully saturated rings. The van der Waals surface area contributed by atoms with Gasteiger partial charge in [-0.25, -0.2) is 8.42 Å². The number of anilines is 1. The minimum Gasteiger partial charge on any atom is -0.497 e. The van der Waals surface area contributed by atoms with Crippen molar-refractivity contribution in [3.05, 3.63) is 59.7 Å². The van der Waals surface area contributed by atoms with E-state index in [0.717, 1.165) is 17.7 Å². The maximum absolute atomic E-state index is 13.2. The van der Waals surface area contributed by atoms with Gasteiger partial charge in [0.05, 0.1) is 29.5 Å². The standard InChI is InChI=1S/C26H32N2O5S/c1-25(2)19-12-14-26(25,23(29)16-19)17-34(31,32)28-22-7-5-4-6-21(22)24(30)27-15-13-18-8-10-20(33-3)11-9-18/h4-11,19,28H,12-17H2,1-3H3,(H,27,30)/t19-,26-/m0/s1. The summed E-state index contributed by atoms with van der Waals surface area (Å²) in [6, 6.07) is 14.1. The smallest absolute Gasteiger partial charge is 0.253 e. The lowest BCUT2D eigenvalue weighted by molar-refractivity contribution is -0.128. The fourth-order valence-corrected chi connectivity index (χ4v) is 7.53. The summed E-state index contributed by atoms with van der Waals surface area (Å²) in [5, 5.41) is 2.86. The van der Waals surface area contributed by atoms with Gasteiger partial charge in [-0.05, 0) is 60.4 Å². The minimum atomic E-state index is -3.85. The molecule has 0 unspecified atom stereocenters. The van der Waals surface area contributed by atoms with Crippen LogP contribution >= 0.6 is 0 Å². The Morgan fingerprint density at radius 2 is 1.82 bits per heavy atom. The van der Waals surface area contributed by atoms with Crippen LogP contribution in [0, 0.1) is 16.7 Å². The fourth-order valence-electron chi connectivity index (χ4n) is 5.61. The van der Waals surface area contributed by atoms with Gasteiger partial charge in [0.2, 0.25) is 10.0 Å². The molecular weight excluding hydrogens is 452 g/mol. The molecule has 2 aliphatic carbocycles. The molecule has 4 rings (SSSR count). The summed E-state index contributed by atoms with van der Waals surface area (Å²) < 4.78 is 34.1. The maximum Gasteiger partial charge on any atom is 0.253 e. The second-order valence-electron chi connectivity index (χ2n) is 9.93. The Bertz CT molecular complexity index is 1190. The normalized spacial score (nSPS) is 23.0. The average Bonchev–Trinajstić information content (AvgIpc) is 3.13. The second-order valence-corrected chi connectivity index (χ2v) is 11.6. The molecule has 2 bridgehead atoms. The van der Waals surface area contributed by atoms with Crippen LogP contribution in [0.5, 0.6) is 5.75 Å². The van der Waals surface area contributed by atoms with Crippen LogP contribution in [0.1, 0.15) is 49.0 Å². The van der Waals surface area contributed by atoms with E-state index >= 15 is 0 Å². The molecular formula is C26H32N2O5S. The van der Waals surface area contributed by atoms with Crippen LogP contribution in [0.15, 0.2) is 48.5 Å². The average molecular weight is 485 g/mol. The van der Waals surface area contributed by atoms with E-state index < -0.39 is 15.4 Å². The minimum absolute atomic E-state index is 0.0451. The van der Waals surface area contributed by atoms with Gasteiger partial charge in [-0.1, -0.05) is 38.1 Å². The molecule has 0 aliphatic heterocycles. The van der Waals surface area contributed by atoms with Gasteiger partial charge in [-0.3, -0.25) is 14.3 Å². The first kappa shape index (κ1) is 24.3. The molecule has 2 aromatic rings. The number of Topliss-reactive ketones (excluding diaryl/α,β-unsaturated/α-hetero) is 1. The van der Waals surface area contributed by atoms with Gasteiger partial charge < -0.3 is 10.1 Å². The zero-order chi connectivity index (χ0) is 24.6. The molecule has 2 aliphatic rings. The number of methoxy groups -OCH3 is 1. The predicted molar refractivity (Wildman–Crippen MR) is 131 cm³/mol. The number of ketones is 1. The number of fused-ring (bicyclic) bond motifs is 2. The molecule has 0 spiro atoms. The number of sulfonamides is 1. The Morgan fingerprint density at radius 3 is 2.44 bits per heavy atom. The van der Waals surface area contributed by atoms with Gasteiger partial charge in [-0.15, -0.1) is 0 Å². The number of benzene rings is 2. The molecule has 2 atom stereocenters. The van der Waals surface area contributed by atoms with Crippen LogP contribution in [0.3, 0.4) is 0 Å². The molecule has 7 nitrogen and oxygen atoms in total. The lowest BCUT2D eigenvalue weighted by Crippen LogP contribution is -2.43. The van der Waals surface area contributed by atoms with Gasteiger partial charge in [0.25, 0.3) is 5.91 Å². The van der Waals surface area contributed by atoms with Crippen molar-refractivity contribution in [2.45, 2.75) is 39.5 Å². The zero-order valence-corrected chi connectivity index (χ0v) is 20.7. The Balaban J connectivity index is 1.43. The van der Waals surface area contributed by atoms with Crippen LogP contribution in [-0.4, -0.2) is 39.5 Å². The Morgan fingerprint density at radius 1 is 1.12 bits per heavy atom. The summed E-state index contributed by atoms with van der Waals surface area (Å²) in [4.78, 5) is 25.6. The van der Waals surface area contributed by atoms with Crippen molar-refractivity contribution >= 4 is 27.4 Å². The quantitative estimate of drug-likeness (QED) is 0.564. The molecule has 0 heterocycles. The third-order valence-corrected chi connectivity index (χ3v) is 9.27. The number of amides is 1. The number of nitrogens with one attached hydrogen (secondary N) is 2. The van der Waals surface area contributed by atoms with Crippen LogP contribution in [0.2, 0.25) is 0 Å². The fraction of sp³-hybridized carbons (Fsp3) is 0.462. The van der Waals surface area contributed by atoms with Crippen molar-refractivity contribution in [2.75, 3.05) is 24.1 Å². The summed E-state index contributed by atoms with van der Waals surface area (Å²) in [7, 11) is -2.25. The highest BCUT2D eigenvalue weighted by Gasteiger charge is 2.65. The zero-order valence-electron chi connectivity index (χ0n) is 19.9. The molecule has 2 N–H and O–H groups in total. The summed E-state index contributed by atoms with van der Waals surface area (Å²) in [6.45, 7) is 4.42. The molecule has 0 aromatic heterocycles. The predicted octanol–water partition coefficient (Wildman–Crippen LogP) is 3.80. The molecule has 34 heavy (non-hydrogen) atoms. The van der Waals surface area contributed by atoms with Crippen molar-refractivity contribution in [1.29, 1.82) is 0 Å². The Hall–Kier alpha value is -2.87. The van der Waals surface area contributed by atoms with Crippen LogP contribution in [0.25, 0.3) is 0 Å². The summed E-state index contributed by atoms with van der Waals surface area (Å²) in [6.07, 6.45) is 2.56. The number of rotatable bonds is 9. The third kappa shape index (κ3) is 4.43. The van der Waals surface area contributed by atoms with Gasteiger partial charge >= 0.3 is 0 Å². The SMILES string of the molecule is COc1ccc(CCNC(=O)c2ccccc2NS(=O)(=O)C[C@@]23CC[C@@H](CC2=O)C3(C)C)cc1. The molecule has 1 amide bonds. The van der Waals surface area contributed by atoms with E-state index in [4.69, 9.17) is 4.74 Å². The van der Waals surface area contributed by atoms with E-state index in [9.17, 15) is 18.0 Å². The van der Waals surface area contributed by atoms with Crippen molar-refractivity contribution in [2.24, 2.45) is 16.7 Å². The molecule has 8 heteroatoms. The molecule has 2 aromatic carbocycles. The first-order valence-corrected chi connectivity index (χ1v) is 13.3. The van der Waals surface area contributed by atoms with E-state index in [-0.39, 0.29) is 40.0 Å². The topological polar surface area (TPSA) is 102 Å². The second kappa shape index (κ2) is 9.06. The molecule has 0 radical (unpaired) electrons. The molecule has 2 saturated carbocycles. The van der Waals surface area contributed by atoms with Crippen molar-refractivity contribution in [3.8, 4) is 5.75 Å². The van der Waals surface area contributed by atoms with E-state index in [1.54, 1.807) is 31.4 Å². The number of ether oxygens (including phenoxy) is 1. The van der Waals surface area contributed by atoms with Crippen molar-refractivity contribution in [3.63, 3.8) is 0 Å². The number of para-hydroxylation sites is 1. The highest BCUT2D eigenvalue weighted by atomic mass is 32.2. The highest BCUT2D eigenvalue weighted by molar-refractivity contribution is 7.92. The van der Waals surface area contributed by atoms with E-state index in [2.05, 4.69) is 10.0 Å². The van der Waals surface area contributed by atoms with Gasteiger partial charge in [0, 0.05) is 13.0 Å². The third-order valence-electron chi connectivity index (χ3n) is 7.87. The van der Waals surface area contributed by atoms with E-state index in [1.165, 1.54) is 0 Å². The number of hydrogen-bond acceptors (Lipinski definition) is 5. The maximum atomic E-state index is 13.2. The summed E-state index contributed by atoms with van der Waals surface area (Å²) in [5.41, 5.74) is 0.308. The summed E-state index contributed by atoms with van der Waals surface area (Å²) in [5.74, 6) is 0.436. The van der Waals surface area contributed by atoms with Gasteiger partial charge in [-0.2, -0.15) is 0 Å². The van der Waals surface area contributed by atoms with Crippen LogP contribution < -0.4 is 14.8 Å². The highest BCUT2D eigenvalue weighted by Crippen LogP contribution is 2.64.